The molecule has 0 saturated heterocycles. The molecule has 0 aromatic carbocycles. The van der Waals surface area contributed by atoms with E-state index in [1.54, 1.807) is 11.3 Å². The van der Waals surface area contributed by atoms with Crippen LogP contribution in [0.4, 0.5) is 0 Å². The van der Waals surface area contributed by atoms with Gasteiger partial charge in [-0.05, 0) is 23.6 Å². The molecule has 0 radical (unpaired) electrons. The Balaban J connectivity index is 2.35. The highest BCUT2D eigenvalue weighted by Crippen LogP contribution is 2.31. The molecule has 2 aromatic heterocycles. The Morgan fingerprint density at radius 3 is 2.86 bits per heavy atom. The minimum Gasteiger partial charge on any atom is -0.326 e. The second kappa shape index (κ2) is 3.93. The average Bonchev–Trinajstić information content (AvgIpc) is 2.86. The number of hydrogen-bond donors (Lipinski definition) is 1. The van der Waals surface area contributed by atoms with Crippen molar-refractivity contribution in [1.82, 2.24) is 0 Å². The van der Waals surface area contributed by atoms with Crippen LogP contribution in [0.5, 0.6) is 0 Å². The SMILES string of the molecule is N#Cc1ccc(-c2csc(CN)c2)s1. The smallest absolute Gasteiger partial charge is 0.110 e. The maximum absolute atomic E-state index is 8.69. The van der Waals surface area contributed by atoms with Crippen LogP contribution in [-0.4, -0.2) is 0 Å². The van der Waals surface area contributed by atoms with Gasteiger partial charge in [0.2, 0.25) is 0 Å². The van der Waals surface area contributed by atoms with Gasteiger partial charge in [0.1, 0.15) is 10.9 Å². The lowest BCUT2D eigenvalue weighted by Crippen LogP contribution is -1.91. The largest absolute Gasteiger partial charge is 0.326 e. The Kier molecular flexibility index (Phi) is 2.64. The highest BCUT2D eigenvalue weighted by atomic mass is 32.1. The minimum absolute atomic E-state index is 0.584. The van der Waals surface area contributed by atoms with Crippen LogP contribution < -0.4 is 5.73 Å². The van der Waals surface area contributed by atoms with Gasteiger partial charge in [0.25, 0.3) is 0 Å². The lowest BCUT2D eigenvalue weighted by Gasteiger charge is -1.87. The number of nitriles is 1. The van der Waals surface area contributed by atoms with Crippen molar-refractivity contribution in [2.75, 3.05) is 0 Å². The zero-order chi connectivity index (χ0) is 9.97. The molecule has 0 amide bonds. The molecule has 0 saturated carbocycles. The first-order chi connectivity index (χ1) is 6.83. The summed E-state index contributed by atoms with van der Waals surface area (Å²) in [6, 6.07) is 8.04. The molecule has 70 valence electrons. The Morgan fingerprint density at radius 2 is 2.29 bits per heavy atom. The van der Waals surface area contributed by atoms with Gasteiger partial charge in [0.05, 0.1) is 0 Å². The molecule has 2 aromatic rings. The van der Waals surface area contributed by atoms with Crippen LogP contribution in [0, 0.1) is 11.3 Å². The molecule has 2 N–H and O–H groups in total. The summed E-state index contributed by atoms with van der Waals surface area (Å²) >= 11 is 3.17. The maximum atomic E-state index is 8.69. The molecule has 14 heavy (non-hydrogen) atoms. The summed E-state index contributed by atoms with van der Waals surface area (Å²) in [5.41, 5.74) is 6.70. The molecular formula is C10H8N2S2. The maximum Gasteiger partial charge on any atom is 0.110 e. The van der Waals surface area contributed by atoms with Gasteiger partial charge in [0, 0.05) is 21.9 Å². The van der Waals surface area contributed by atoms with Gasteiger partial charge in [-0.15, -0.1) is 22.7 Å². The summed E-state index contributed by atoms with van der Waals surface area (Å²) in [6.45, 7) is 0.584. The van der Waals surface area contributed by atoms with Gasteiger partial charge in [-0.25, -0.2) is 0 Å². The summed E-state index contributed by atoms with van der Waals surface area (Å²) < 4.78 is 0. The van der Waals surface area contributed by atoms with E-state index in [4.69, 9.17) is 11.0 Å². The summed E-state index contributed by atoms with van der Waals surface area (Å²) in [6.07, 6.45) is 0. The molecule has 4 heteroatoms. The van der Waals surface area contributed by atoms with Gasteiger partial charge in [0.15, 0.2) is 0 Å². The molecule has 0 spiro atoms. The Morgan fingerprint density at radius 1 is 1.43 bits per heavy atom. The van der Waals surface area contributed by atoms with E-state index in [2.05, 4.69) is 17.5 Å². The third-order valence-electron chi connectivity index (χ3n) is 1.86. The van der Waals surface area contributed by atoms with Crippen molar-refractivity contribution in [2.45, 2.75) is 6.54 Å². The van der Waals surface area contributed by atoms with Gasteiger partial charge in [-0.3, -0.25) is 0 Å². The summed E-state index contributed by atoms with van der Waals surface area (Å²) in [7, 11) is 0. The van der Waals surface area contributed by atoms with Crippen molar-refractivity contribution >= 4 is 22.7 Å². The molecule has 0 bridgehead atoms. The van der Waals surface area contributed by atoms with Crippen molar-refractivity contribution in [3.63, 3.8) is 0 Å². The first kappa shape index (κ1) is 9.41. The van der Waals surface area contributed by atoms with Crippen molar-refractivity contribution in [3.05, 3.63) is 33.3 Å². The van der Waals surface area contributed by atoms with Crippen LogP contribution in [0.1, 0.15) is 9.75 Å². The van der Waals surface area contributed by atoms with E-state index in [1.807, 2.05) is 12.1 Å². The first-order valence-electron chi connectivity index (χ1n) is 4.11. The van der Waals surface area contributed by atoms with Crippen molar-refractivity contribution in [1.29, 1.82) is 5.26 Å². The second-order valence-electron chi connectivity index (χ2n) is 2.78. The van der Waals surface area contributed by atoms with Gasteiger partial charge in [-0.2, -0.15) is 5.26 Å². The van der Waals surface area contributed by atoms with E-state index in [1.165, 1.54) is 21.8 Å². The average molecular weight is 220 g/mol. The summed E-state index contributed by atoms with van der Waals surface area (Å²) in [4.78, 5) is 3.06. The highest BCUT2D eigenvalue weighted by molar-refractivity contribution is 7.16. The lowest BCUT2D eigenvalue weighted by atomic mass is 10.2. The third-order valence-corrected chi connectivity index (χ3v) is 3.85. The van der Waals surface area contributed by atoms with Crippen LogP contribution in [-0.2, 0) is 6.54 Å². The Hall–Kier alpha value is -1.15. The number of hydrogen-bond acceptors (Lipinski definition) is 4. The monoisotopic (exact) mass is 220 g/mol. The number of thiophene rings is 2. The second-order valence-corrected chi connectivity index (χ2v) is 4.86. The Bertz CT molecular complexity index is 476. The van der Waals surface area contributed by atoms with Crippen LogP contribution in [0.15, 0.2) is 23.6 Å². The molecule has 2 rings (SSSR count). The third kappa shape index (κ3) is 1.70. The molecule has 0 unspecified atom stereocenters. The van der Waals surface area contributed by atoms with E-state index in [-0.39, 0.29) is 0 Å². The molecule has 0 aliphatic carbocycles. The van der Waals surface area contributed by atoms with Crippen LogP contribution in [0.3, 0.4) is 0 Å². The fourth-order valence-corrected chi connectivity index (χ4v) is 2.80. The molecular weight excluding hydrogens is 212 g/mol. The standard InChI is InChI=1S/C10H8N2S2/c11-4-8-1-2-10(14-8)7-3-9(5-12)13-6-7/h1-3,6H,5,12H2. The predicted molar refractivity (Wildman–Crippen MR) is 60.2 cm³/mol. The molecule has 0 atom stereocenters. The van der Waals surface area contributed by atoms with E-state index < -0.39 is 0 Å². The van der Waals surface area contributed by atoms with Gasteiger partial charge < -0.3 is 5.73 Å². The summed E-state index contributed by atoms with van der Waals surface area (Å²) in [5, 5.41) is 10.8. The minimum atomic E-state index is 0.584. The lowest BCUT2D eigenvalue weighted by molar-refractivity contribution is 1.11. The van der Waals surface area contributed by atoms with E-state index in [0.29, 0.717) is 6.54 Å². The van der Waals surface area contributed by atoms with Gasteiger partial charge in [-0.1, -0.05) is 0 Å². The van der Waals surface area contributed by atoms with Crippen molar-refractivity contribution < 1.29 is 0 Å². The quantitative estimate of drug-likeness (QED) is 0.846. The van der Waals surface area contributed by atoms with Crippen molar-refractivity contribution in [3.8, 4) is 16.5 Å². The molecule has 0 aliphatic heterocycles. The van der Waals surface area contributed by atoms with E-state index in [9.17, 15) is 0 Å². The van der Waals surface area contributed by atoms with Crippen LogP contribution >= 0.6 is 22.7 Å². The molecule has 0 aliphatic rings. The Labute approximate surface area is 90.2 Å². The topological polar surface area (TPSA) is 49.8 Å². The summed E-state index contributed by atoms with van der Waals surface area (Å²) in [5.74, 6) is 0. The number of rotatable bonds is 2. The molecule has 2 nitrogen and oxygen atoms in total. The molecule has 0 fully saturated rings. The zero-order valence-electron chi connectivity index (χ0n) is 7.36. The highest BCUT2D eigenvalue weighted by Gasteiger charge is 2.04. The number of nitrogens with zero attached hydrogens (tertiary/aromatic N) is 1. The predicted octanol–water partition coefficient (Wildman–Crippen LogP) is 2.81. The van der Waals surface area contributed by atoms with Crippen LogP contribution in [0.25, 0.3) is 10.4 Å². The van der Waals surface area contributed by atoms with Crippen LogP contribution in [0.2, 0.25) is 0 Å². The van der Waals surface area contributed by atoms with E-state index >= 15 is 0 Å². The normalized spacial score (nSPS) is 10.0. The van der Waals surface area contributed by atoms with E-state index in [0.717, 1.165) is 9.75 Å². The first-order valence-corrected chi connectivity index (χ1v) is 5.81. The fourth-order valence-electron chi connectivity index (χ4n) is 1.17. The fraction of sp³-hybridized carbons (Fsp3) is 0.100. The zero-order valence-corrected chi connectivity index (χ0v) is 8.99. The van der Waals surface area contributed by atoms with Gasteiger partial charge >= 0.3 is 0 Å². The number of nitrogens with two attached hydrogens (primary N) is 1. The van der Waals surface area contributed by atoms with Crippen molar-refractivity contribution in [2.24, 2.45) is 5.73 Å². The molecule has 2 heterocycles.